The molecule has 2 aromatic carbocycles. The molecule has 1 heterocycles. The Hall–Kier alpha value is -3.67. The van der Waals surface area contributed by atoms with Gasteiger partial charge < -0.3 is 35.0 Å². The number of ether oxygens (including phenoxy) is 2. The quantitative estimate of drug-likeness (QED) is 0.169. The Bertz CT molecular complexity index is 1190. The molecule has 0 saturated carbocycles. The summed E-state index contributed by atoms with van der Waals surface area (Å²) in [5.74, 6) is -0.299. The van der Waals surface area contributed by atoms with Crippen molar-refractivity contribution >= 4 is 18.1 Å². The summed E-state index contributed by atoms with van der Waals surface area (Å²) in [5, 5.41) is 16.2. The number of amides is 3. The Labute approximate surface area is 280 Å². The zero-order chi connectivity index (χ0) is 34.5. The number of carbonyl (C=O) groups excluding carboxylic acids is 3. The van der Waals surface area contributed by atoms with Gasteiger partial charge in [-0.1, -0.05) is 67.1 Å². The Morgan fingerprint density at radius 1 is 0.787 bits per heavy atom. The SMILES string of the molecule is CC(C)(C)OC(=O)NCC[C@@H](O)CNCCCC[C@@H](C(=O)OC(C)(C)C)N1CN(Cc2ccccc2)C(=O)N(Cc2ccccc2)C1. The third kappa shape index (κ3) is 14.3. The third-order valence-electron chi connectivity index (χ3n) is 7.40. The highest BCUT2D eigenvalue weighted by Crippen LogP contribution is 2.23. The van der Waals surface area contributed by atoms with Gasteiger partial charge in [0.05, 0.1) is 19.4 Å². The highest BCUT2D eigenvalue weighted by atomic mass is 16.6. The van der Waals surface area contributed by atoms with Crippen LogP contribution in [-0.4, -0.2) is 94.2 Å². The van der Waals surface area contributed by atoms with Gasteiger partial charge in [0.15, 0.2) is 0 Å². The lowest BCUT2D eigenvalue weighted by Crippen LogP contribution is -2.61. The maximum Gasteiger partial charge on any atom is 0.407 e. The molecule has 0 aromatic heterocycles. The van der Waals surface area contributed by atoms with Gasteiger partial charge in [-0.3, -0.25) is 9.69 Å². The Kier molecular flexibility index (Phi) is 14.5. The predicted molar refractivity (Wildman–Crippen MR) is 182 cm³/mol. The van der Waals surface area contributed by atoms with Crippen molar-refractivity contribution in [2.75, 3.05) is 33.0 Å². The minimum absolute atomic E-state index is 0.0686. The first-order chi connectivity index (χ1) is 22.2. The highest BCUT2D eigenvalue weighted by molar-refractivity contribution is 5.78. The van der Waals surface area contributed by atoms with Gasteiger partial charge in [-0.2, -0.15) is 0 Å². The average Bonchev–Trinajstić information content (AvgIpc) is 2.98. The van der Waals surface area contributed by atoms with Crippen molar-refractivity contribution in [2.24, 2.45) is 0 Å². The number of hydrogen-bond acceptors (Lipinski definition) is 8. The first-order valence-electron chi connectivity index (χ1n) is 16.6. The van der Waals surface area contributed by atoms with Gasteiger partial charge in [-0.15, -0.1) is 0 Å². The molecular formula is C36H55N5O6. The smallest absolute Gasteiger partial charge is 0.407 e. The van der Waals surface area contributed by atoms with Crippen molar-refractivity contribution < 1.29 is 29.0 Å². The number of nitrogens with one attached hydrogen (secondary N) is 2. The monoisotopic (exact) mass is 653 g/mol. The van der Waals surface area contributed by atoms with Crippen molar-refractivity contribution in [1.82, 2.24) is 25.3 Å². The number of aliphatic hydroxyl groups excluding tert-OH is 1. The number of benzene rings is 2. The minimum Gasteiger partial charge on any atom is -0.459 e. The van der Waals surface area contributed by atoms with E-state index in [9.17, 15) is 19.5 Å². The molecule has 0 aliphatic carbocycles. The number of rotatable bonds is 16. The normalized spacial score (nSPS) is 15.7. The van der Waals surface area contributed by atoms with Crippen LogP contribution in [0.4, 0.5) is 9.59 Å². The number of carbonyl (C=O) groups is 3. The first-order valence-corrected chi connectivity index (χ1v) is 16.6. The third-order valence-corrected chi connectivity index (χ3v) is 7.40. The molecule has 1 saturated heterocycles. The van der Waals surface area contributed by atoms with Gasteiger partial charge in [0.1, 0.15) is 17.2 Å². The van der Waals surface area contributed by atoms with E-state index in [0.717, 1.165) is 24.0 Å². The van der Waals surface area contributed by atoms with Crippen LogP contribution in [0.15, 0.2) is 60.7 Å². The summed E-state index contributed by atoms with van der Waals surface area (Å²) in [6, 6.07) is 19.1. The Morgan fingerprint density at radius 3 is 1.83 bits per heavy atom. The van der Waals surface area contributed by atoms with Crippen LogP contribution < -0.4 is 10.6 Å². The number of unbranched alkanes of at least 4 members (excludes halogenated alkanes) is 1. The van der Waals surface area contributed by atoms with Crippen LogP contribution in [0.25, 0.3) is 0 Å². The molecule has 3 rings (SSSR count). The van der Waals surface area contributed by atoms with E-state index < -0.39 is 29.4 Å². The van der Waals surface area contributed by atoms with Crippen LogP contribution in [-0.2, 0) is 27.4 Å². The van der Waals surface area contributed by atoms with Crippen LogP contribution >= 0.6 is 0 Å². The molecule has 11 nitrogen and oxygen atoms in total. The fourth-order valence-corrected chi connectivity index (χ4v) is 5.28. The zero-order valence-corrected chi connectivity index (χ0v) is 29.0. The molecule has 0 bridgehead atoms. The van der Waals surface area contributed by atoms with Gasteiger partial charge in [0.25, 0.3) is 0 Å². The molecule has 1 fully saturated rings. The lowest BCUT2D eigenvalue weighted by molar-refractivity contribution is -0.164. The van der Waals surface area contributed by atoms with Gasteiger partial charge in [0.2, 0.25) is 0 Å². The number of hydrogen-bond donors (Lipinski definition) is 3. The summed E-state index contributed by atoms with van der Waals surface area (Å²) in [5.41, 5.74) is 0.821. The van der Waals surface area contributed by atoms with Crippen LogP contribution in [0.1, 0.15) is 78.4 Å². The maximum absolute atomic E-state index is 13.7. The maximum atomic E-state index is 13.7. The zero-order valence-electron chi connectivity index (χ0n) is 29.0. The molecule has 0 spiro atoms. The lowest BCUT2D eigenvalue weighted by atomic mass is 10.1. The second-order valence-electron chi connectivity index (χ2n) is 14.1. The van der Waals surface area contributed by atoms with Gasteiger partial charge in [-0.25, -0.2) is 9.59 Å². The number of nitrogens with zero attached hydrogens (tertiary/aromatic N) is 3. The van der Waals surface area contributed by atoms with Crippen molar-refractivity contribution in [3.05, 3.63) is 71.8 Å². The molecule has 3 N–H and O–H groups in total. The topological polar surface area (TPSA) is 124 Å². The molecule has 1 aliphatic heterocycles. The predicted octanol–water partition coefficient (Wildman–Crippen LogP) is 5.09. The molecule has 260 valence electrons. The van der Waals surface area contributed by atoms with E-state index in [1.807, 2.05) is 81.4 Å². The summed E-state index contributed by atoms with van der Waals surface area (Å²) in [6.07, 6.45) is 1.38. The molecule has 47 heavy (non-hydrogen) atoms. The Morgan fingerprint density at radius 2 is 1.32 bits per heavy atom. The van der Waals surface area contributed by atoms with E-state index in [0.29, 0.717) is 58.9 Å². The number of aliphatic hydroxyl groups is 1. The molecule has 1 aliphatic rings. The van der Waals surface area contributed by atoms with Crippen LogP contribution in [0.3, 0.4) is 0 Å². The number of urea groups is 1. The van der Waals surface area contributed by atoms with E-state index in [-0.39, 0.29) is 12.0 Å². The van der Waals surface area contributed by atoms with Crippen LogP contribution in [0.5, 0.6) is 0 Å². The molecular weight excluding hydrogens is 598 g/mol. The highest BCUT2D eigenvalue weighted by Gasteiger charge is 2.38. The largest absolute Gasteiger partial charge is 0.459 e. The summed E-state index contributed by atoms with van der Waals surface area (Å²) >= 11 is 0. The molecule has 2 aromatic rings. The van der Waals surface area contributed by atoms with Crippen LogP contribution in [0.2, 0.25) is 0 Å². The van der Waals surface area contributed by atoms with E-state index in [1.165, 1.54) is 0 Å². The van der Waals surface area contributed by atoms with Gasteiger partial charge in [0, 0.05) is 26.2 Å². The summed E-state index contributed by atoms with van der Waals surface area (Å²) in [7, 11) is 0. The standard InChI is InChI=1S/C36H55N5O6/c1-35(2,3)46-32(43)31(19-13-14-21-37-23-30(42)20-22-38-33(44)47-36(4,5)6)41-26-39(24-28-15-9-7-10-16-28)34(45)40(27-41)25-29-17-11-8-12-18-29/h7-12,15-18,30-31,37,42H,13-14,19-27H2,1-6H3,(H,38,44)/t30-,31+/m1/s1. The fraction of sp³-hybridized carbons (Fsp3) is 0.583. The van der Waals surface area contributed by atoms with E-state index in [2.05, 4.69) is 15.5 Å². The fourth-order valence-electron chi connectivity index (χ4n) is 5.28. The number of esters is 1. The van der Waals surface area contributed by atoms with Crippen molar-refractivity contribution in [3.8, 4) is 0 Å². The second kappa shape index (κ2) is 18.0. The summed E-state index contributed by atoms with van der Waals surface area (Å²) in [6.45, 7) is 13.9. The second-order valence-corrected chi connectivity index (χ2v) is 14.1. The van der Waals surface area contributed by atoms with Crippen molar-refractivity contribution in [2.45, 2.75) is 104 Å². The van der Waals surface area contributed by atoms with E-state index in [1.54, 1.807) is 30.6 Å². The minimum atomic E-state index is -0.648. The lowest BCUT2D eigenvalue weighted by Gasteiger charge is -2.45. The van der Waals surface area contributed by atoms with E-state index in [4.69, 9.17) is 9.47 Å². The molecule has 0 radical (unpaired) electrons. The summed E-state index contributed by atoms with van der Waals surface area (Å²) < 4.78 is 11.1. The summed E-state index contributed by atoms with van der Waals surface area (Å²) in [4.78, 5) is 44.8. The van der Waals surface area contributed by atoms with Crippen molar-refractivity contribution in [1.29, 1.82) is 0 Å². The average molecular weight is 654 g/mol. The van der Waals surface area contributed by atoms with Crippen LogP contribution in [0, 0.1) is 0 Å². The van der Waals surface area contributed by atoms with Gasteiger partial charge >= 0.3 is 18.1 Å². The Balaban J connectivity index is 1.59. The molecule has 11 heteroatoms. The van der Waals surface area contributed by atoms with Gasteiger partial charge in [-0.05, 0) is 78.5 Å². The van der Waals surface area contributed by atoms with Crippen molar-refractivity contribution in [3.63, 3.8) is 0 Å². The van der Waals surface area contributed by atoms with E-state index >= 15 is 0 Å². The molecule has 3 amide bonds. The molecule has 2 atom stereocenters. The first kappa shape index (κ1) is 37.8. The molecule has 0 unspecified atom stereocenters. The number of alkyl carbamates (subject to hydrolysis) is 1.